The van der Waals surface area contributed by atoms with Crippen molar-refractivity contribution in [3.8, 4) is 0 Å². The third-order valence-corrected chi connectivity index (χ3v) is 4.36. The van der Waals surface area contributed by atoms with E-state index >= 15 is 0 Å². The molecule has 1 heterocycles. The van der Waals surface area contributed by atoms with E-state index < -0.39 is 9.84 Å². The predicted molar refractivity (Wildman–Crippen MR) is 82.1 cm³/mol. The maximum Gasteiger partial charge on any atom is 0.279 e. The van der Waals surface area contributed by atoms with Gasteiger partial charge >= 0.3 is 0 Å². The minimum Gasteiger partial charge on any atom is -0.463 e. The molecule has 2 aromatic rings. The van der Waals surface area contributed by atoms with Crippen LogP contribution in [-0.2, 0) is 14.6 Å². The number of carbonyl (C=O) groups is 1. The molecular weight excluding hydrogens is 304 g/mol. The summed E-state index contributed by atoms with van der Waals surface area (Å²) >= 11 is 0. The lowest BCUT2D eigenvalue weighted by atomic mass is 10.2. The van der Waals surface area contributed by atoms with Crippen LogP contribution in [0.1, 0.15) is 18.7 Å². The fourth-order valence-corrected chi connectivity index (χ4v) is 2.89. The van der Waals surface area contributed by atoms with Crippen molar-refractivity contribution >= 4 is 21.4 Å². The fraction of sp³-hybridized carbons (Fsp3) is 0.267. The monoisotopic (exact) mass is 323 g/mol. The van der Waals surface area contributed by atoms with Crippen LogP contribution in [0.3, 0.4) is 0 Å². The average molecular weight is 323 g/mol. The molecule has 0 aliphatic heterocycles. The Hall–Kier alpha value is -2.12. The van der Waals surface area contributed by atoms with Crippen molar-refractivity contribution in [2.24, 2.45) is 0 Å². The van der Waals surface area contributed by atoms with Crippen molar-refractivity contribution in [2.45, 2.75) is 17.9 Å². The van der Waals surface area contributed by atoms with Gasteiger partial charge < -0.3 is 15.1 Å². The standard InChI is InChI=1S/C15H18N2O4S/c1-11(13-7-5-9-21-13)16-10-15(18)17-12-6-3-4-8-14(12)22(2,19)20/h3-9,11,16H,10H2,1-2H3,(H,17,18)/p+1/t11-/m0/s1. The van der Waals surface area contributed by atoms with Gasteiger partial charge in [-0.2, -0.15) is 0 Å². The number of furan rings is 1. The molecule has 0 saturated carbocycles. The van der Waals surface area contributed by atoms with Gasteiger partial charge in [0.2, 0.25) is 0 Å². The summed E-state index contributed by atoms with van der Waals surface area (Å²) in [5, 5.41) is 4.45. The smallest absolute Gasteiger partial charge is 0.279 e. The number of benzene rings is 1. The lowest BCUT2D eigenvalue weighted by Crippen LogP contribution is -2.86. The summed E-state index contributed by atoms with van der Waals surface area (Å²) in [6.45, 7) is 2.09. The highest BCUT2D eigenvalue weighted by molar-refractivity contribution is 7.90. The molecule has 0 spiro atoms. The molecule has 6 nitrogen and oxygen atoms in total. The molecule has 22 heavy (non-hydrogen) atoms. The molecule has 0 unspecified atom stereocenters. The summed E-state index contributed by atoms with van der Waals surface area (Å²) in [5.41, 5.74) is 0.300. The van der Waals surface area contributed by atoms with Crippen molar-refractivity contribution in [1.82, 2.24) is 0 Å². The van der Waals surface area contributed by atoms with Gasteiger partial charge in [-0.25, -0.2) is 8.42 Å². The van der Waals surface area contributed by atoms with Crippen LogP contribution in [0.5, 0.6) is 0 Å². The van der Waals surface area contributed by atoms with Gasteiger partial charge in [-0.15, -0.1) is 0 Å². The summed E-state index contributed by atoms with van der Waals surface area (Å²) < 4.78 is 28.6. The molecule has 118 valence electrons. The van der Waals surface area contributed by atoms with E-state index in [1.54, 1.807) is 30.5 Å². The first-order chi connectivity index (χ1) is 10.4. The van der Waals surface area contributed by atoms with E-state index in [0.717, 1.165) is 12.0 Å². The molecule has 7 heteroatoms. The van der Waals surface area contributed by atoms with Crippen LogP contribution in [0, 0.1) is 0 Å². The van der Waals surface area contributed by atoms with Crippen LogP contribution in [0.15, 0.2) is 52.0 Å². The maximum atomic E-state index is 12.0. The summed E-state index contributed by atoms with van der Waals surface area (Å²) in [6, 6.07) is 9.99. The summed E-state index contributed by atoms with van der Waals surface area (Å²) in [4.78, 5) is 12.1. The molecule has 1 aromatic heterocycles. The fourth-order valence-electron chi connectivity index (χ4n) is 2.04. The highest BCUT2D eigenvalue weighted by Crippen LogP contribution is 2.20. The Morgan fingerprint density at radius 1 is 1.27 bits per heavy atom. The van der Waals surface area contributed by atoms with Crippen LogP contribution < -0.4 is 10.6 Å². The topological polar surface area (TPSA) is 93.0 Å². The zero-order valence-corrected chi connectivity index (χ0v) is 13.3. The van der Waals surface area contributed by atoms with Crippen molar-refractivity contribution in [1.29, 1.82) is 0 Å². The quantitative estimate of drug-likeness (QED) is 0.827. The van der Waals surface area contributed by atoms with Gasteiger partial charge in [-0.3, -0.25) is 4.79 Å². The van der Waals surface area contributed by atoms with Gasteiger partial charge in [-0.05, 0) is 31.2 Å². The minimum absolute atomic E-state index is 0.00546. The van der Waals surface area contributed by atoms with E-state index in [9.17, 15) is 13.2 Å². The second-order valence-electron chi connectivity index (χ2n) is 5.06. The number of para-hydroxylation sites is 1. The highest BCUT2D eigenvalue weighted by Gasteiger charge is 2.17. The van der Waals surface area contributed by atoms with Crippen molar-refractivity contribution in [2.75, 3.05) is 18.1 Å². The third kappa shape index (κ3) is 4.19. The normalized spacial score (nSPS) is 12.8. The van der Waals surface area contributed by atoms with Crippen LogP contribution >= 0.6 is 0 Å². The lowest BCUT2D eigenvalue weighted by molar-refractivity contribution is -0.684. The number of sulfone groups is 1. The Morgan fingerprint density at radius 3 is 2.64 bits per heavy atom. The van der Waals surface area contributed by atoms with Gasteiger partial charge in [0.25, 0.3) is 5.91 Å². The predicted octanol–water partition coefficient (Wildman–Crippen LogP) is 0.946. The Morgan fingerprint density at radius 2 is 2.00 bits per heavy atom. The largest absolute Gasteiger partial charge is 0.463 e. The third-order valence-electron chi connectivity index (χ3n) is 3.21. The second-order valence-corrected chi connectivity index (χ2v) is 7.04. The summed E-state index contributed by atoms with van der Waals surface area (Å²) in [6.07, 6.45) is 2.70. The number of rotatable bonds is 6. The van der Waals surface area contributed by atoms with Gasteiger partial charge in [0.1, 0.15) is 6.04 Å². The number of amides is 1. The minimum atomic E-state index is -3.39. The van der Waals surface area contributed by atoms with E-state index in [1.807, 2.05) is 18.3 Å². The lowest BCUT2D eigenvalue weighted by Gasteiger charge is -2.11. The Labute approximate surface area is 129 Å². The van der Waals surface area contributed by atoms with Crippen molar-refractivity contribution in [3.63, 3.8) is 0 Å². The molecule has 0 aliphatic carbocycles. The number of hydrogen-bond acceptors (Lipinski definition) is 4. The number of nitrogens with one attached hydrogen (secondary N) is 1. The molecule has 0 aliphatic rings. The van der Waals surface area contributed by atoms with E-state index in [4.69, 9.17) is 4.42 Å². The average Bonchev–Trinajstić information content (AvgIpc) is 2.98. The number of hydrogen-bond donors (Lipinski definition) is 2. The highest BCUT2D eigenvalue weighted by atomic mass is 32.2. The van der Waals surface area contributed by atoms with Crippen LogP contribution in [0.25, 0.3) is 0 Å². The van der Waals surface area contributed by atoms with Gasteiger partial charge in [-0.1, -0.05) is 12.1 Å². The van der Waals surface area contributed by atoms with E-state index in [2.05, 4.69) is 5.32 Å². The van der Waals surface area contributed by atoms with Crippen LogP contribution in [0.2, 0.25) is 0 Å². The number of carbonyl (C=O) groups excluding carboxylic acids is 1. The molecular formula is C15H19N2O4S+. The first kappa shape index (κ1) is 16.3. The zero-order valence-electron chi connectivity index (χ0n) is 12.4. The van der Waals surface area contributed by atoms with E-state index in [0.29, 0.717) is 5.69 Å². The first-order valence-corrected chi connectivity index (χ1v) is 8.72. The zero-order chi connectivity index (χ0) is 16.2. The number of nitrogens with two attached hydrogens (primary N) is 1. The molecule has 1 atom stereocenters. The SMILES string of the molecule is C[C@H]([NH2+]CC(=O)Nc1ccccc1S(C)(=O)=O)c1ccco1. The van der Waals surface area contributed by atoms with Crippen molar-refractivity contribution in [3.05, 3.63) is 48.4 Å². The number of anilines is 1. The van der Waals surface area contributed by atoms with Gasteiger partial charge in [0, 0.05) is 6.26 Å². The molecule has 0 saturated heterocycles. The van der Waals surface area contributed by atoms with Crippen molar-refractivity contribution < 1.29 is 22.9 Å². The van der Waals surface area contributed by atoms with Crippen LogP contribution in [-0.4, -0.2) is 27.1 Å². The second kappa shape index (κ2) is 6.76. The maximum absolute atomic E-state index is 12.0. The molecule has 3 N–H and O–H groups in total. The summed E-state index contributed by atoms with van der Waals surface area (Å²) in [5.74, 6) is 0.513. The van der Waals surface area contributed by atoms with E-state index in [1.165, 1.54) is 6.07 Å². The molecule has 0 fully saturated rings. The Bertz CT molecular complexity index is 739. The first-order valence-electron chi connectivity index (χ1n) is 6.83. The molecule has 0 radical (unpaired) electrons. The number of quaternary nitrogens is 1. The summed E-state index contributed by atoms with van der Waals surface area (Å²) in [7, 11) is -3.39. The molecule has 0 bridgehead atoms. The van der Waals surface area contributed by atoms with Crippen LogP contribution in [0.4, 0.5) is 5.69 Å². The molecule has 1 aromatic carbocycles. The molecule has 1 amide bonds. The van der Waals surface area contributed by atoms with Gasteiger partial charge in [0.05, 0.1) is 16.8 Å². The van der Waals surface area contributed by atoms with Gasteiger partial charge in [0.15, 0.2) is 22.1 Å². The Balaban J connectivity index is 1.98. The van der Waals surface area contributed by atoms with E-state index in [-0.39, 0.29) is 23.4 Å². The Kier molecular flexibility index (Phi) is 4.99. The molecule has 2 rings (SSSR count).